The van der Waals surface area contributed by atoms with Crippen LogP contribution in [0.2, 0.25) is 0 Å². The Balaban J connectivity index is 1.67. The molecule has 1 aromatic heterocycles. The lowest BCUT2D eigenvalue weighted by Crippen LogP contribution is -2.42. The summed E-state index contributed by atoms with van der Waals surface area (Å²) in [5.74, 6) is 1.54. The highest BCUT2D eigenvalue weighted by atomic mass is 19.1. The fourth-order valence-corrected chi connectivity index (χ4v) is 4.26. The lowest BCUT2D eigenvalue weighted by molar-refractivity contribution is -0.141. The monoisotopic (exact) mass is 440 g/mol. The number of amides is 2. The highest BCUT2D eigenvalue weighted by Crippen LogP contribution is 2.28. The van der Waals surface area contributed by atoms with E-state index in [4.69, 9.17) is 4.42 Å². The van der Waals surface area contributed by atoms with Gasteiger partial charge in [0, 0.05) is 19.5 Å². The number of rotatable bonds is 11. The molecule has 1 fully saturated rings. The maximum absolute atomic E-state index is 13.3. The van der Waals surface area contributed by atoms with Gasteiger partial charge in [0.15, 0.2) is 0 Å². The number of hydrogen-bond acceptors (Lipinski definition) is 3. The third-order valence-corrected chi connectivity index (χ3v) is 6.05. The van der Waals surface area contributed by atoms with Gasteiger partial charge in [-0.25, -0.2) is 4.39 Å². The molecule has 0 unspecified atom stereocenters. The molecule has 1 aliphatic rings. The molecule has 1 heterocycles. The molecule has 0 N–H and O–H groups in total. The molecule has 2 amide bonds. The van der Waals surface area contributed by atoms with Crippen LogP contribution >= 0.6 is 0 Å². The van der Waals surface area contributed by atoms with Crippen LogP contribution in [0.3, 0.4) is 0 Å². The van der Waals surface area contributed by atoms with Crippen LogP contribution in [0.15, 0.2) is 53.5 Å². The molecule has 0 atom stereocenters. The summed E-state index contributed by atoms with van der Waals surface area (Å²) in [5.41, 5.74) is 0.811. The van der Waals surface area contributed by atoms with E-state index in [-0.39, 0.29) is 30.7 Å². The summed E-state index contributed by atoms with van der Waals surface area (Å²) in [7, 11) is 0. The fourth-order valence-electron chi connectivity index (χ4n) is 4.26. The highest BCUT2D eigenvalue weighted by molar-refractivity contribution is 5.85. The van der Waals surface area contributed by atoms with Crippen LogP contribution in [0.25, 0.3) is 0 Å². The molecule has 0 radical (unpaired) electrons. The summed E-state index contributed by atoms with van der Waals surface area (Å²) in [6.07, 6.45) is 7.88. The molecule has 0 spiro atoms. The SMILES string of the molecule is C=CCN(CC(=O)N(Cc1ccc(F)cc1)Cc1ccc(C)o1)C(=O)CCC1CCCC1. The first kappa shape index (κ1) is 23.8. The van der Waals surface area contributed by atoms with Crippen LogP contribution in [0.4, 0.5) is 4.39 Å². The largest absolute Gasteiger partial charge is 0.464 e. The van der Waals surface area contributed by atoms with Gasteiger partial charge in [-0.2, -0.15) is 0 Å². The zero-order valence-electron chi connectivity index (χ0n) is 18.9. The van der Waals surface area contributed by atoms with Gasteiger partial charge < -0.3 is 14.2 Å². The van der Waals surface area contributed by atoms with E-state index in [1.54, 1.807) is 28.0 Å². The van der Waals surface area contributed by atoms with Gasteiger partial charge in [-0.1, -0.05) is 43.9 Å². The Morgan fingerprint density at radius 3 is 2.41 bits per heavy atom. The number of carbonyl (C=O) groups is 2. The third-order valence-electron chi connectivity index (χ3n) is 6.05. The van der Waals surface area contributed by atoms with Gasteiger partial charge in [-0.3, -0.25) is 9.59 Å². The molecule has 6 heteroatoms. The van der Waals surface area contributed by atoms with E-state index in [1.165, 1.54) is 37.8 Å². The van der Waals surface area contributed by atoms with E-state index in [9.17, 15) is 14.0 Å². The number of carbonyl (C=O) groups excluding carboxylic acids is 2. The molecule has 0 bridgehead atoms. The molecule has 1 saturated carbocycles. The molecule has 172 valence electrons. The topological polar surface area (TPSA) is 53.8 Å². The molecule has 5 nitrogen and oxygen atoms in total. The lowest BCUT2D eigenvalue weighted by atomic mass is 10.0. The normalized spacial score (nSPS) is 13.8. The summed E-state index contributed by atoms with van der Waals surface area (Å²) < 4.78 is 19.0. The minimum absolute atomic E-state index is 0.0132. The standard InChI is InChI=1S/C26H33FN2O3/c1-3-16-28(25(30)15-11-21-6-4-5-7-21)19-26(31)29(18-24-14-8-20(2)32-24)17-22-9-12-23(27)13-10-22/h3,8-10,12-14,21H,1,4-7,11,15-19H2,2H3. The van der Waals surface area contributed by atoms with Gasteiger partial charge in [-0.15, -0.1) is 6.58 Å². The number of aryl methyl sites for hydroxylation is 1. The van der Waals surface area contributed by atoms with E-state index in [0.717, 1.165) is 17.7 Å². The van der Waals surface area contributed by atoms with E-state index < -0.39 is 0 Å². The predicted molar refractivity (Wildman–Crippen MR) is 122 cm³/mol. The summed E-state index contributed by atoms with van der Waals surface area (Å²) in [4.78, 5) is 29.3. The summed E-state index contributed by atoms with van der Waals surface area (Å²) in [5, 5.41) is 0. The molecule has 0 aliphatic heterocycles. The van der Waals surface area contributed by atoms with Crippen LogP contribution in [-0.2, 0) is 22.7 Å². The molecule has 0 saturated heterocycles. The Labute approximate surface area is 189 Å². The van der Waals surface area contributed by atoms with Crippen LogP contribution in [-0.4, -0.2) is 34.7 Å². The second-order valence-electron chi connectivity index (χ2n) is 8.64. The van der Waals surface area contributed by atoms with E-state index in [2.05, 4.69) is 6.58 Å². The first-order valence-corrected chi connectivity index (χ1v) is 11.4. The minimum atomic E-state index is -0.321. The van der Waals surface area contributed by atoms with Crippen molar-refractivity contribution >= 4 is 11.8 Å². The van der Waals surface area contributed by atoms with Crippen LogP contribution in [0, 0.1) is 18.7 Å². The van der Waals surface area contributed by atoms with E-state index in [1.807, 2.05) is 19.1 Å². The Bertz CT molecular complexity index is 900. The Morgan fingerprint density at radius 1 is 1.06 bits per heavy atom. The van der Waals surface area contributed by atoms with Crippen LogP contribution < -0.4 is 0 Å². The second-order valence-corrected chi connectivity index (χ2v) is 8.64. The quantitative estimate of drug-likeness (QED) is 0.449. The molecular formula is C26H33FN2O3. The lowest BCUT2D eigenvalue weighted by Gasteiger charge is -2.27. The van der Waals surface area contributed by atoms with Crippen LogP contribution in [0.1, 0.15) is 55.6 Å². The average Bonchev–Trinajstić information content (AvgIpc) is 3.44. The van der Waals surface area contributed by atoms with E-state index >= 15 is 0 Å². The van der Waals surface area contributed by atoms with Gasteiger partial charge in [0.1, 0.15) is 23.9 Å². The summed E-state index contributed by atoms with van der Waals surface area (Å²) >= 11 is 0. The Kier molecular flexibility index (Phi) is 8.65. The van der Waals surface area contributed by atoms with Crippen molar-refractivity contribution < 1.29 is 18.4 Å². The zero-order chi connectivity index (χ0) is 22.9. The van der Waals surface area contributed by atoms with E-state index in [0.29, 0.717) is 31.2 Å². The Morgan fingerprint density at radius 2 is 1.78 bits per heavy atom. The second kappa shape index (κ2) is 11.7. The summed E-state index contributed by atoms with van der Waals surface area (Å²) in [6.45, 7) is 6.50. The van der Waals surface area contributed by atoms with Gasteiger partial charge in [0.05, 0.1) is 6.54 Å². The fraction of sp³-hybridized carbons (Fsp3) is 0.462. The van der Waals surface area contributed by atoms with Crippen molar-refractivity contribution in [2.45, 2.75) is 58.5 Å². The van der Waals surface area contributed by atoms with Crippen molar-refractivity contribution in [3.63, 3.8) is 0 Å². The summed E-state index contributed by atoms with van der Waals surface area (Å²) in [6, 6.07) is 9.78. The number of halogens is 1. The molecule has 2 aromatic rings. The Hall–Kier alpha value is -2.89. The van der Waals surface area contributed by atoms with Crippen molar-refractivity contribution in [1.29, 1.82) is 0 Å². The maximum Gasteiger partial charge on any atom is 0.242 e. The van der Waals surface area contributed by atoms with Crippen molar-refractivity contribution in [3.8, 4) is 0 Å². The van der Waals surface area contributed by atoms with Crippen molar-refractivity contribution in [1.82, 2.24) is 9.80 Å². The smallest absolute Gasteiger partial charge is 0.242 e. The number of benzene rings is 1. The zero-order valence-corrected chi connectivity index (χ0v) is 18.9. The van der Waals surface area contributed by atoms with Crippen molar-refractivity contribution in [2.75, 3.05) is 13.1 Å². The van der Waals surface area contributed by atoms with Crippen molar-refractivity contribution in [2.24, 2.45) is 5.92 Å². The molecule has 1 aromatic carbocycles. The average molecular weight is 441 g/mol. The molecule has 32 heavy (non-hydrogen) atoms. The van der Waals surface area contributed by atoms with Crippen molar-refractivity contribution in [3.05, 3.63) is 72.0 Å². The molecular weight excluding hydrogens is 407 g/mol. The van der Waals surface area contributed by atoms with Gasteiger partial charge in [0.2, 0.25) is 11.8 Å². The molecule has 1 aliphatic carbocycles. The number of hydrogen-bond donors (Lipinski definition) is 0. The molecule has 3 rings (SSSR count). The minimum Gasteiger partial charge on any atom is -0.464 e. The highest BCUT2D eigenvalue weighted by Gasteiger charge is 2.23. The van der Waals surface area contributed by atoms with Gasteiger partial charge in [-0.05, 0) is 49.1 Å². The predicted octanol–water partition coefficient (Wildman–Crippen LogP) is 5.24. The van der Waals surface area contributed by atoms with Crippen LogP contribution in [0.5, 0.6) is 0 Å². The van der Waals surface area contributed by atoms with Gasteiger partial charge in [0.25, 0.3) is 0 Å². The van der Waals surface area contributed by atoms with Gasteiger partial charge >= 0.3 is 0 Å². The first-order valence-electron chi connectivity index (χ1n) is 11.4. The number of nitrogens with zero attached hydrogens (tertiary/aromatic N) is 2. The first-order chi connectivity index (χ1) is 15.4. The maximum atomic E-state index is 13.3. The number of furan rings is 1. The third kappa shape index (κ3) is 7.08.